The Morgan fingerprint density at radius 3 is 2.42 bits per heavy atom. The molecule has 170 valence electrons. The Bertz CT molecular complexity index is 1440. The first-order chi connectivity index (χ1) is 15.9. The maximum atomic E-state index is 12.9. The summed E-state index contributed by atoms with van der Waals surface area (Å²) in [4.78, 5) is 19.9. The van der Waals surface area contributed by atoms with Gasteiger partial charge in [-0.25, -0.2) is 13.4 Å². The zero-order valence-corrected chi connectivity index (χ0v) is 19.9. The van der Waals surface area contributed by atoms with E-state index in [-0.39, 0.29) is 5.56 Å². The number of thiazole rings is 1. The highest BCUT2D eigenvalue weighted by Crippen LogP contribution is 2.23. The van der Waals surface area contributed by atoms with Crippen molar-refractivity contribution in [2.24, 2.45) is 0 Å². The van der Waals surface area contributed by atoms with E-state index >= 15 is 0 Å². The van der Waals surface area contributed by atoms with Gasteiger partial charge in [0.2, 0.25) is 10.0 Å². The third-order valence-electron chi connectivity index (χ3n) is 6.05. The normalized spacial score (nSPS) is 15.8. The molecule has 7 nitrogen and oxygen atoms in total. The highest BCUT2D eigenvalue weighted by molar-refractivity contribution is 7.89. The molecule has 0 unspecified atom stereocenters. The number of piperazine rings is 1. The molecule has 3 heterocycles. The third-order valence-corrected chi connectivity index (χ3v) is 8.79. The predicted octanol–water partition coefficient (Wildman–Crippen LogP) is 1.82. The van der Waals surface area contributed by atoms with Gasteiger partial charge in [0.1, 0.15) is 12.2 Å². The number of hydrogen-bond acceptors (Lipinski definition) is 5. The zero-order valence-electron chi connectivity index (χ0n) is 18.3. The molecule has 1 aliphatic heterocycles. The summed E-state index contributed by atoms with van der Waals surface area (Å²) < 4.78 is 29.1. The van der Waals surface area contributed by atoms with Crippen LogP contribution in [0.15, 0.2) is 75.7 Å². The van der Waals surface area contributed by atoms with Crippen molar-refractivity contribution in [2.45, 2.75) is 18.4 Å². The smallest absolute Gasteiger partial charge is 0.259 e. The van der Waals surface area contributed by atoms with Gasteiger partial charge in [0, 0.05) is 11.4 Å². The fourth-order valence-electron chi connectivity index (χ4n) is 4.20. The molecule has 0 aliphatic carbocycles. The van der Waals surface area contributed by atoms with Crippen LogP contribution < -0.4 is 10.5 Å². The van der Waals surface area contributed by atoms with Crippen molar-refractivity contribution in [1.82, 2.24) is 13.7 Å². The summed E-state index contributed by atoms with van der Waals surface area (Å²) in [6.45, 7) is 4.78. The van der Waals surface area contributed by atoms with E-state index in [2.05, 4.69) is 0 Å². The van der Waals surface area contributed by atoms with Gasteiger partial charge >= 0.3 is 0 Å². The van der Waals surface area contributed by atoms with Gasteiger partial charge in [0.15, 0.2) is 4.96 Å². The van der Waals surface area contributed by atoms with Crippen LogP contribution >= 0.6 is 11.3 Å². The standard InChI is InChI=1S/C24H24N4O3S2/c1-18-7-9-21(10-8-18)33(30,31)27-13-11-26(12-14-27)16-20-15-23(29)28-22(17-32-24(28)25-20)19-5-3-2-4-6-19/h2-10,15,17H,11-14,16H2,1H3/p+1. The number of aryl methyl sites for hydroxylation is 1. The van der Waals surface area contributed by atoms with Crippen LogP contribution in [0.3, 0.4) is 0 Å². The Balaban J connectivity index is 1.30. The zero-order chi connectivity index (χ0) is 23.0. The van der Waals surface area contributed by atoms with Gasteiger partial charge in [-0.3, -0.25) is 9.20 Å². The largest absolute Gasteiger partial charge is 0.328 e. The van der Waals surface area contributed by atoms with Crippen LogP contribution in [0.5, 0.6) is 0 Å². The maximum absolute atomic E-state index is 12.9. The van der Waals surface area contributed by atoms with Crippen molar-refractivity contribution >= 4 is 26.3 Å². The van der Waals surface area contributed by atoms with Crippen molar-refractivity contribution in [3.05, 3.63) is 87.7 Å². The summed E-state index contributed by atoms with van der Waals surface area (Å²) in [6.07, 6.45) is 0. The van der Waals surface area contributed by atoms with Gasteiger partial charge in [-0.15, -0.1) is 11.3 Å². The molecule has 33 heavy (non-hydrogen) atoms. The lowest BCUT2D eigenvalue weighted by Gasteiger charge is -2.31. The van der Waals surface area contributed by atoms with E-state index in [9.17, 15) is 13.2 Å². The first kappa shape index (κ1) is 22.0. The minimum absolute atomic E-state index is 0.0879. The van der Waals surface area contributed by atoms with Gasteiger partial charge in [0.05, 0.1) is 36.8 Å². The van der Waals surface area contributed by atoms with Crippen molar-refractivity contribution in [3.8, 4) is 11.3 Å². The Morgan fingerprint density at radius 2 is 1.73 bits per heavy atom. The molecule has 0 amide bonds. The van der Waals surface area contributed by atoms with Crippen molar-refractivity contribution < 1.29 is 13.3 Å². The van der Waals surface area contributed by atoms with Gasteiger partial charge < -0.3 is 4.90 Å². The molecule has 0 bridgehead atoms. The van der Waals surface area contributed by atoms with Crippen LogP contribution in [0.1, 0.15) is 11.3 Å². The van der Waals surface area contributed by atoms with E-state index in [1.54, 1.807) is 26.9 Å². The monoisotopic (exact) mass is 481 g/mol. The highest BCUT2D eigenvalue weighted by Gasteiger charge is 2.30. The van der Waals surface area contributed by atoms with Crippen LogP contribution in [-0.2, 0) is 16.6 Å². The first-order valence-electron chi connectivity index (χ1n) is 10.9. The molecule has 1 aliphatic rings. The average Bonchev–Trinajstić information content (AvgIpc) is 3.25. The fraction of sp³-hybridized carbons (Fsp3) is 0.250. The second-order valence-corrected chi connectivity index (χ2v) is 11.1. The number of benzene rings is 2. The Hall–Kier alpha value is -2.85. The highest BCUT2D eigenvalue weighted by atomic mass is 32.2. The molecular weight excluding hydrogens is 456 g/mol. The Morgan fingerprint density at radius 1 is 1.03 bits per heavy atom. The maximum Gasteiger partial charge on any atom is 0.259 e. The van der Waals surface area contributed by atoms with Gasteiger partial charge in [0.25, 0.3) is 5.56 Å². The second kappa shape index (κ2) is 8.83. The lowest BCUT2D eigenvalue weighted by Crippen LogP contribution is -3.13. The summed E-state index contributed by atoms with van der Waals surface area (Å²) in [5.41, 5.74) is 3.52. The Labute approximate surface area is 196 Å². The lowest BCUT2D eigenvalue weighted by molar-refractivity contribution is -0.917. The van der Waals surface area contributed by atoms with Crippen LogP contribution in [0.4, 0.5) is 0 Å². The molecule has 1 fully saturated rings. The van der Waals surface area contributed by atoms with E-state index in [1.807, 2.05) is 54.8 Å². The molecule has 1 N–H and O–H groups in total. The summed E-state index contributed by atoms with van der Waals surface area (Å²) in [7, 11) is -3.48. The van der Waals surface area contributed by atoms with E-state index < -0.39 is 10.0 Å². The molecular formula is C24H25N4O3S2+. The molecule has 0 saturated carbocycles. The molecule has 0 spiro atoms. The van der Waals surface area contributed by atoms with Crippen molar-refractivity contribution in [3.63, 3.8) is 0 Å². The fourth-order valence-corrected chi connectivity index (χ4v) is 6.56. The van der Waals surface area contributed by atoms with E-state index in [1.165, 1.54) is 16.2 Å². The molecule has 2 aromatic heterocycles. The lowest BCUT2D eigenvalue weighted by atomic mass is 10.2. The molecule has 9 heteroatoms. The van der Waals surface area contributed by atoms with Gasteiger partial charge in [-0.1, -0.05) is 48.0 Å². The van der Waals surface area contributed by atoms with Crippen LogP contribution in [-0.4, -0.2) is 48.3 Å². The Kier molecular flexibility index (Phi) is 5.88. The van der Waals surface area contributed by atoms with Crippen LogP contribution in [0.2, 0.25) is 0 Å². The number of quaternary nitrogens is 1. The number of aromatic nitrogens is 2. The average molecular weight is 482 g/mol. The van der Waals surface area contributed by atoms with E-state index in [0.29, 0.717) is 42.6 Å². The van der Waals surface area contributed by atoms with Crippen LogP contribution in [0, 0.1) is 6.92 Å². The SMILES string of the molecule is Cc1ccc(S(=O)(=O)N2CC[NH+](Cc3cc(=O)n4c(-c5ccccc5)csc4n3)CC2)cc1. The number of fused-ring (bicyclic) bond motifs is 1. The quantitative estimate of drug-likeness (QED) is 0.472. The third kappa shape index (κ3) is 4.37. The van der Waals surface area contributed by atoms with Crippen LogP contribution in [0.25, 0.3) is 16.2 Å². The first-order valence-corrected chi connectivity index (χ1v) is 13.2. The predicted molar refractivity (Wildman–Crippen MR) is 129 cm³/mol. The summed E-state index contributed by atoms with van der Waals surface area (Å²) in [5, 5.41) is 1.96. The molecule has 4 aromatic rings. The number of nitrogens with one attached hydrogen (secondary N) is 1. The summed E-state index contributed by atoms with van der Waals surface area (Å²) in [5.74, 6) is 0. The molecule has 5 rings (SSSR count). The van der Waals surface area contributed by atoms with Gasteiger partial charge in [-0.05, 0) is 24.6 Å². The number of hydrogen-bond donors (Lipinski definition) is 1. The van der Waals surface area contributed by atoms with Crippen molar-refractivity contribution in [1.29, 1.82) is 0 Å². The number of sulfonamides is 1. The molecule has 1 saturated heterocycles. The summed E-state index contributed by atoms with van der Waals surface area (Å²) >= 11 is 1.46. The summed E-state index contributed by atoms with van der Waals surface area (Å²) in [6, 6.07) is 18.4. The van der Waals surface area contributed by atoms with E-state index in [4.69, 9.17) is 4.98 Å². The van der Waals surface area contributed by atoms with E-state index in [0.717, 1.165) is 22.5 Å². The molecule has 0 atom stereocenters. The molecule has 0 radical (unpaired) electrons. The second-order valence-electron chi connectivity index (χ2n) is 8.33. The minimum Gasteiger partial charge on any atom is -0.328 e. The number of nitrogens with zero attached hydrogens (tertiary/aromatic N) is 3. The number of rotatable bonds is 5. The topological polar surface area (TPSA) is 76.2 Å². The van der Waals surface area contributed by atoms with Crippen molar-refractivity contribution in [2.75, 3.05) is 26.2 Å². The minimum atomic E-state index is -3.48. The van der Waals surface area contributed by atoms with Gasteiger partial charge in [-0.2, -0.15) is 4.31 Å². The molecule has 2 aromatic carbocycles.